The number of carbonyl (C=O) groups excluding carboxylic acids is 1. The van der Waals surface area contributed by atoms with Gasteiger partial charge in [-0.2, -0.15) is 10.1 Å². The highest BCUT2D eigenvalue weighted by atomic mass is 16.1. The number of hydrogen-bond donors (Lipinski definition) is 1. The van der Waals surface area contributed by atoms with E-state index in [-0.39, 0.29) is 5.91 Å². The molecule has 0 radical (unpaired) electrons. The van der Waals surface area contributed by atoms with Gasteiger partial charge in [0.25, 0.3) is 5.78 Å². The highest BCUT2D eigenvalue weighted by Gasteiger charge is 2.18. The van der Waals surface area contributed by atoms with E-state index >= 15 is 0 Å². The highest BCUT2D eigenvalue weighted by Crippen LogP contribution is 2.21. The molecule has 1 saturated heterocycles. The summed E-state index contributed by atoms with van der Waals surface area (Å²) < 4.78 is 1.72. The standard InChI is InChI=1S/C27H31N7O/c1-20-25(21(2)34-27(30-20)28-19-29-34)12-13-26(35)31-23-8-10-24(11-9-23)33-16-14-32(15-17-33)18-22-6-4-3-5-7-22/h3-11,19H,12-18H2,1-2H3,(H,31,35). The SMILES string of the molecule is Cc1nc2ncnn2c(C)c1CCC(=O)Nc1ccc(N2CCN(Cc3ccccc3)CC2)cc1. The predicted octanol–water partition coefficient (Wildman–Crippen LogP) is 3.63. The molecule has 1 aliphatic heterocycles. The van der Waals surface area contributed by atoms with Gasteiger partial charge in [-0.1, -0.05) is 30.3 Å². The molecule has 180 valence electrons. The van der Waals surface area contributed by atoms with Gasteiger partial charge in [0.15, 0.2) is 0 Å². The van der Waals surface area contributed by atoms with Gasteiger partial charge in [0.2, 0.25) is 5.91 Å². The van der Waals surface area contributed by atoms with E-state index in [2.05, 4.69) is 72.6 Å². The van der Waals surface area contributed by atoms with Crippen LogP contribution in [0.25, 0.3) is 5.78 Å². The van der Waals surface area contributed by atoms with E-state index in [0.717, 1.165) is 55.4 Å². The van der Waals surface area contributed by atoms with E-state index in [4.69, 9.17) is 0 Å². The van der Waals surface area contributed by atoms with Crippen molar-refractivity contribution in [2.45, 2.75) is 33.2 Å². The molecule has 3 heterocycles. The van der Waals surface area contributed by atoms with E-state index in [0.29, 0.717) is 18.6 Å². The van der Waals surface area contributed by atoms with Crippen molar-refractivity contribution in [3.05, 3.63) is 83.4 Å². The lowest BCUT2D eigenvalue weighted by Gasteiger charge is -2.36. The lowest BCUT2D eigenvalue weighted by molar-refractivity contribution is -0.116. The van der Waals surface area contributed by atoms with E-state index < -0.39 is 0 Å². The average Bonchev–Trinajstić information content (AvgIpc) is 3.34. The molecule has 2 aromatic heterocycles. The van der Waals surface area contributed by atoms with Crippen LogP contribution in [-0.2, 0) is 17.8 Å². The van der Waals surface area contributed by atoms with Crippen molar-refractivity contribution in [2.75, 3.05) is 36.4 Å². The van der Waals surface area contributed by atoms with Crippen molar-refractivity contribution < 1.29 is 4.79 Å². The molecule has 0 unspecified atom stereocenters. The van der Waals surface area contributed by atoms with Gasteiger partial charge in [-0.15, -0.1) is 0 Å². The number of hydrogen-bond acceptors (Lipinski definition) is 6. The summed E-state index contributed by atoms with van der Waals surface area (Å²) in [4.78, 5) is 26.2. The van der Waals surface area contributed by atoms with Crippen molar-refractivity contribution in [2.24, 2.45) is 0 Å². The molecule has 8 heteroatoms. The molecule has 5 rings (SSSR count). The lowest BCUT2D eigenvalue weighted by atomic mass is 10.1. The first-order valence-corrected chi connectivity index (χ1v) is 12.1. The van der Waals surface area contributed by atoms with Crippen LogP contribution in [-0.4, -0.2) is 56.6 Å². The molecule has 1 aliphatic rings. The number of fused-ring (bicyclic) bond motifs is 1. The number of piperazine rings is 1. The molecule has 1 N–H and O–H groups in total. The lowest BCUT2D eigenvalue weighted by Crippen LogP contribution is -2.45. The largest absolute Gasteiger partial charge is 0.369 e. The first kappa shape index (κ1) is 23.0. The Hall–Kier alpha value is -3.78. The fourth-order valence-electron chi connectivity index (χ4n) is 4.74. The van der Waals surface area contributed by atoms with Crippen LogP contribution in [0.5, 0.6) is 0 Å². The second-order valence-electron chi connectivity index (χ2n) is 9.08. The van der Waals surface area contributed by atoms with Gasteiger partial charge in [-0.25, -0.2) is 9.50 Å². The number of nitrogens with zero attached hydrogens (tertiary/aromatic N) is 6. The van der Waals surface area contributed by atoms with Gasteiger partial charge in [0.1, 0.15) is 6.33 Å². The van der Waals surface area contributed by atoms with Crippen LogP contribution >= 0.6 is 0 Å². The third kappa shape index (κ3) is 5.33. The molecule has 8 nitrogen and oxygen atoms in total. The molecule has 2 aromatic carbocycles. The molecule has 0 atom stereocenters. The summed E-state index contributed by atoms with van der Waals surface area (Å²) in [6, 6.07) is 18.8. The second kappa shape index (κ2) is 10.2. The van der Waals surface area contributed by atoms with Gasteiger partial charge < -0.3 is 10.2 Å². The van der Waals surface area contributed by atoms with Gasteiger partial charge in [-0.3, -0.25) is 9.69 Å². The van der Waals surface area contributed by atoms with Gasteiger partial charge in [-0.05, 0) is 55.7 Å². The summed E-state index contributed by atoms with van der Waals surface area (Å²) in [7, 11) is 0. The van der Waals surface area contributed by atoms with Crippen molar-refractivity contribution in [3.63, 3.8) is 0 Å². The first-order chi connectivity index (χ1) is 17.1. The Labute approximate surface area is 205 Å². The minimum Gasteiger partial charge on any atom is -0.369 e. The van der Waals surface area contributed by atoms with Crippen LogP contribution in [0.3, 0.4) is 0 Å². The summed E-state index contributed by atoms with van der Waals surface area (Å²) in [5.74, 6) is 0.579. The number of amides is 1. The Morgan fingerprint density at radius 1 is 0.971 bits per heavy atom. The van der Waals surface area contributed by atoms with Gasteiger partial charge in [0, 0.05) is 61.9 Å². The normalized spacial score (nSPS) is 14.4. The molecule has 0 spiro atoms. The Bertz CT molecular complexity index is 1290. The molecule has 0 bridgehead atoms. The third-order valence-corrected chi connectivity index (χ3v) is 6.73. The maximum absolute atomic E-state index is 12.6. The van der Waals surface area contributed by atoms with Crippen molar-refractivity contribution in [1.82, 2.24) is 24.5 Å². The minimum atomic E-state index is -0.00948. The average molecular weight is 470 g/mol. The van der Waals surface area contributed by atoms with Crippen molar-refractivity contribution in [1.29, 1.82) is 0 Å². The number of aromatic nitrogens is 4. The number of aryl methyl sites for hydroxylation is 2. The molecular weight excluding hydrogens is 438 g/mol. The zero-order valence-corrected chi connectivity index (χ0v) is 20.3. The molecule has 35 heavy (non-hydrogen) atoms. The third-order valence-electron chi connectivity index (χ3n) is 6.73. The molecular formula is C27H31N7O. The maximum Gasteiger partial charge on any atom is 0.252 e. The number of nitrogens with one attached hydrogen (secondary N) is 1. The van der Waals surface area contributed by atoms with Crippen LogP contribution in [0.2, 0.25) is 0 Å². The quantitative estimate of drug-likeness (QED) is 0.445. The van der Waals surface area contributed by atoms with E-state index in [1.807, 2.05) is 26.0 Å². The maximum atomic E-state index is 12.6. The Morgan fingerprint density at radius 2 is 1.71 bits per heavy atom. The number of benzene rings is 2. The van der Waals surface area contributed by atoms with E-state index in [1.54, 1.807) is 4.52 Å². The zero-order valence-electron chi connectivity index (χ0n) is 20.3. The Balaban J connectivity index is 1.12. The van der Waals surface area contributed by atoms with Crippen molar-refractivity contribution >= 4 is 23.1 Å². The highest BCUT2D eigenvalue weighted by molar-refractivity contribution is 5.91. The minimum absolute atomic E-state index is 0.00948. The Morgan fingerprint density at radius 3 is 2.46 bits per heavy atom. The van der Waals surface area contributed by atoms with Crippen LogP contribution < -0.4 is 10.2 Å². The fourth-order valence-corrected chi connectivity index (χ4v) is 4.74. The van der Waals surface area contributed by atoms with Crippen LogP contribution in [0.1, 0.15) is 28.9 Å². The zero-order chi connectivity index (χ0) is 24.2. The second-order valence-corrected chi connectivity index (χ2v) is 9.08. The monoisotopic (exact) mass is 469 g/mol. The van der Waals surface area contributed by atoms with Crippen LogP contribution in [0, 0.1) is 13.8 Å². The summed E-state index contributed by atoms with van der Waals surface area (Å²) >= 11 is 0. The summed E-state index contributed by atoms with van der Waals surface area (Å²) in [5.41, 5.74) is 6.29. The van der Waals surface area contributed by atoms with Gasteiger partial charge in [0.05, 0.1) is 0 Å². The summed E-state index contributed by atoms with van der Waals surface area (Å²) in [6.07, 6.45) is 2.49. The summed E-state index contributed by atoms with van der Waals surface area (Å²) in [5, 5.41) is 7.25. The molecule has 0 saturated carbocycles. The Kier molecular flexibility index (Phi) is 6.72. The molecule has 4 aromatic rings. The number of rotatable bonds is 7. The molecule has 1 fully saturated rings. The van der Waals surface area contributed by atoms with E-state index in [9.17, 15) is 4.79 Å². The first-order valence-electron chi connectivity index (χ1n) is 12.1. The number of carbonyl (C=O) groups is 1. The molecule has 1 amide bonds. The van der Waals surface area contributed by atoms with Crippen molar-refractivity contribution in [3.8, 4) is 0 Å². The van der Waals surface area contributed by atoms with Gasteiger partial charge >= 0.3 is 0 Å². The molecule has 0 aliphatic carbocycles. The number of anilines is 2. The predicted molar refractivity (Wildman–Crippen MR) is 138 cm³/mol. The van der Waals surface area contributed by atoms with Crippen LogP contribution in [0.4, 0.5) is 11.4 Å². The summed E-state index contributed by atoms with van der Waals surface area (Å²) in [6.45, 7) is 9.03. The van der Waals surface area contributed by atoms with E-state index in [1.165, 1.54) is 17.6 Å². The smallest absolute Gasteiger partial charge is 0.252 e. The fraction of sp³-hybridized carbons (Fsp3) is 0.333. The topological polar surface area (TPSA) is 78.7 Å². The van der Waals surface area contributed by atoms with Crippen LogP contribution in [0.15, 0.2) is 60.9 Å².